The first-order valence-electron chi connectivity index (χ1n) is 8.21. The number of fused-ring (bicyclic) bond motifs is 1. The smallest absolute Gasteiger partial charge is 0.115 e. The third-order valence-electron chi connectivity index (χ3n) is 5.48. The van der Waals surface area contributed by atoms with Crippen molar-refractivity contribution < 1.29 is 5.11 Å². The largest absolute Gasteiger partial charge is 0.508 e. The van der Waals surface area contributed by atoms with Crippen molar-refractivity contribution in [1.82, 2.24) is 5.32 Å². The summed E-state index contributed by atoms with van der Waals surface area (Å²) in [5.74, 6) is 2.12. The van der Waals surface area contributed by atoms with Gasteiger partial charge in [-0.1, -0.05) is 19.9 Å². The molecule has 2 N–H and O–H groups in total. The summed E-state index contributed by atoms with van der Waals surface area (Å²) in [4.78, 5) is 0. The molecule has 0 radical (unpaired) electrons. The van der Waals surface area contributed by atoms with Gasteiger partial charge in [-0.15, -0.1) is 0 Å². The summed E-state index contributed by atoms with van der Waals surface area (Å²) in [5.41, 5.74) is 2.76. The maximum atomic E-state index is 9.64. The molecular formula is C18H27NO. The quantitative estimate of drug-likeness (QED) is 0.847. The fraction of sp³-hybridized carbons (Fsp3) is 0.667. The highest BCUT2D eigenvalue weighted by Crippen LogP contribution is 2.35. The maximum Gasteiger partial charge on any atom is 0.115 e. The molecule has 0 aliphatic heterocycles. The van der Waals surface area contributed by atoms with Gasteiger partial charge in [-0.3, -0.25) is 0 Å². The highest BCUT2D eigenvalue weighted by Gasteiger charge is 2.28. The maximum absolute atomic E-state index is 9.64. The average molecular weight is 273 g/mol. The van der Waals surface area contributed by atoms with E-state index in [1.54, 1.807) is 0 Å². The van der Waals surface area contributed by atoms with E-state index in [1.807, 2.05) is 12.1 Å². The van der Waals surface area contributed by atoms with Crippen LogP contribution in [-0.4, -0.2) is 11.1 Å². The Hall–Kier alpha value is -1.02. The molecule has 4 unspecified atom stereocenters. The van der Waals surface area contributed by atoms with E-state index in [1.165, 1.54) is 43.2 Å². The van der Waals surface area contributed by atoms with Gasteiger partial charge in [-0.2, -0.15) is 0 Å². The molecule has 2 nitrogen and oxygen atoms in total. The molecule has 0 amide bonds. The summed E-state index contributed by atoms with van der Waals surface area (Å²) in [5, 5.41) is 13.5. The number of phenolic OH excluding ortho intramolecular Hbond substituents is 1. The van der Waals surface area contributed by atoms with Crippen LogP contribution in [0.4, 0.5) is 0 Å². The van der Waals surface area contributed by atoms with Crippen LogP contribution < -0.4 is 5.32 Å². The van der Waals surface area contributed by atoms with Gasteiger partial charge in [-0.05, 0) is 73.6 Å². The first kappa shape index (κ1) is 13.9. The molecule has 1 saturated carbocycles. The predicted octanol–water partition coefficient (Wildman–Crippen LogP) is 4.18. The molecule has 0 heterocycles. The number of aromatic hydroxyl groups is 1. The van der Waals surface area contributed by atoms with Crippen LogP contribution >= 0.6 is 0 Å². The number of benzene rings is 1. The molecular weight excluding hydrogens is 246 g/mol. The SMILES string of the molecule is CC1CCC(NC2CCCc3cc(O)ccc32)CC1C. The normalized spacial score (nSPS) is 33.7. The molecule has 0 bridgehead atoms. The molecule has 2 aliphatic rings. The molecule has 2 heteroatoms. The molecule has 3 rings (SSSR count). The zero-order valence-corrected chi connectivity index (χ0v) is 12.7. The van der Waals surface area contributed by atoms with Gasteiger partial charge in [0.1, 0.15) is 5.75 Å². The number of aryl methyl sites for hydroxylation is 1. The minimum atomic E-state index is 0.407. The Kier molecular flexibility index (Phi) is 4.02. The second kappa shape index (κ2) is 5.77. The summed E-state index contributed by atoms with van der Waals surface area (Å²) in [7, 11) is 0. The molecule has 0 aromatic heterocycles. The van der Waals surface area contributed by atoms with E-state index in [2.05, 4.69) is 25.2 Å². The highest BCUT2D eigenvalue weighted by molar-refractivity contribution is 5.38. The summed E-state index contributed by atoms with van der Waals surface area (Å²) in [6.07, 6.45) is 7.56. The number of hydrogen-bond donors (Lipinski definition) is 2. The monoisotopic (exact) mass is 273 g/mol. The van der Waals surface area contributed by atoms with Gasteiger partial charge >= 0.3 is 0 Å². The zero-order valence-electron chi connectivity index (χ0n) is 12.7. The highest BCUT2D eigenvalue weighted by atomic mass is 16.3. The Morgan fingerprint density at radius 2 is 1.95 bits per heavy atom. The van der Waals surface area contributed by atoms with Crippen molar-refractivity contribution in [2.45, 2.75) is 64.5 Å². The second-order valence-corrected chi connectivity index (χ2v) is 6.96. The molecule has 0 saturated heterocycles. The van der Waals surface area contributed by atoms with Crippen LogP contribution in [0.2, 0.25) is 0 Å². The van der Waals surface area contributed by atoms with Crippen LogP contribution in [0, 0.1) is 11.8 Å². The molecule has 1 aromatic carbocycles. The zero-order chi connectivity index (χ0) is 14.1. The molecule has 1 aromatic rings. The number of phenols is 1. The van der Waals surface area contributed by atoms with Gasteiger partial charge in [0.25, 0.3) is 0 Å². The lowest BCUT2D eigenvalue weighted by Gasteiger charge is -2.36. The first-order chi connectivity index (χ1) is 9.63. The summed E-state index contributed by atoms with van der Waals surface area (Å²) < 4.78 is 0. The van der Waals surface area contributed by atoms with Crippen molar-refractivity contribution in [3.8, 4) is 5.75 Å². The Morgan fingerprint density at radius 1 is 1.10 bits per heavy atom. The average Bonchev–Trinajstić information content (AvgIpc) is 2.43. The van der Waals surface area contributed by atoms with Crippen LogP contribution in [0.25, 0.3) is 0 Å². The van der Waals surface area contributed by atoms with Crippen LogP contribution in [0.1, 0.15) is 63.1 Å². The lowest BCUT2D eigenvalue weighted by atomic mass is 9.78. The number of hydrogen-bond acceptors (Lipinski definition) is 2. The Labute approximate surface area is 122 Å². The van der Waals surface area contributed by atoms with Crippen LogP contribution in [0.15, 0.2) is 18.2 Å². The van der Waals surface area contributed by atoms with Crippen molar-refractivity contribution in [3.63, 3.8) is 0 Å². The Morgan fingerprint density at radius 3 is 2.75 bits per heavy atom. The van der Waals surface area contributed by atoms with E-state index >= 15 is 0 Å². The topological polar surface area (TPSA) is 32.3 Å². The van der Waals surface area contributed by atoms with E-state index in [4.69, 9.17) is 0 Å². The first-order valence-corrected chi connectivity index (χ1v) is 8.21. The lowest BCUT2D eigenvalue weighted by molar-refractivity contribution is 0.210. The van der Waals surface area contributed by atoms with Gasteiger partial charge in [0.2, 0.25) is 0 Å². The van der Waals surface area contributed by atoms with E-state index in [-0.39, 0.29) is 0 Å². The molecule has 20 heavy (non-hydrogen) atoms. The fourth-order valence-corrected chi connectivity index (χ4v) is 3.96. The lowest BCUT2D eigenvalue weighted by Crippen LogP contribution is -2.39. The van der Waals surface area contributed by atoms with Crippen molar-refractivity contribution in [2.24, 2.45) is 11.8 Å². The minimum Gasteiger partial charge on any atom is -0.508 e. The summed E-state index contributed by atoms with van der Waals surface area (Å²) >= 11 is 0. The Bertz CT molecular complexity index is 470. The minimum absolute atomic E-state index is 0.407. The fourth-order valence-electron chi connectivity index (χ4n) is 3.96. The molecule has 110 valence electrons. The number of rotatable bonds is 2. The summed E-state index contributed by atoms with van der Waals surface area (Å²) in [6.45, 7) is 4.78. The third kappa shape index (κ3) is 2.85. The predicted molar refractivity (Wildman–Crippen MR) is 82.9 cm³/mol. The van der Waals surface area contributed by atoms with Crippen LogP contribution in [-0.2, 0) is 6.42 Å². The molecule has 2 aliphatic carbocycles. The van der Waals surface area contributed by atoms with Crippen molar-refractivity contribution in [1.29, 1.82) is 0 Å². The van der Waals surface area contributed by atoms with E-state index < -0.39 is 0 Å². The number of nitrogens with one attached hydrogen (secondary N) is 1. The van der Waals surface area contributed by atoms with Gasteiger partial charge in [0.15, 0.2) is 0 Å². The summed E-state index contributed by atoms with van der Waals surface area (Å²) in [6, 6.07) is 7.08. The van der Waals surface area contributed by atoms with Gasteiger partial charge in [-0.25, -0.2) is 0 Å². The molecule has 0 spiro atoms. The van der Waals surface area contributed by atoms with Crippen LogP contribution in [0.5, 0.6) is 5.75 Å². The van der Waals surface area contributed by atoms with Crippen molar-refractivity contribution >= 4 is 0 Å². The van der Waals surface area contributed by atoms with Crippen LogP contribution in [0.3, 0.4) is 0 Å². The van der Waals surface area contributed by atoms with E-state index in [0.717, 1.165) is 18.3 Å². The van der Waals surface area contributed by atoms with Gasteiger partial charge in [0.05, 0.1) is 0 Å². The van der Waals surface area contributed by atoms with Gasteiger partial charge < -0.3 is 10.4 Å². The van der Waals surface area contributed by atoms with Crippen molar-refractivity contribution in [2.75, 3.05) is 0 Å². The molecule has 4 atom stereocenters. The standard InChI is InChI=1S/C18H27NO/c1-12-6-7-15(10-13(12)2)19-18-5-3-4-14-11-16(20)8-9-17(14)18/h8-9,11-13,15,18-20H,3-7,10H2,1-2H3. The van der Waals surface area contributed by atoms with E-state index in [0.29, 0.717) is 17.8 Å². The van der Waals surface area contributed by atoms with E-state index in [9.17, 15) is 5.11 Å². The third-order valence-corrected chi connectivity index (χ3v) is 5.48. The van der Waals surface area contributed by atoms with Crippen molar-refractivity contribution in [3.05, 3.63) is 29.3 Å². The van der Waals surface area contributed by atoms with Gasteiger partial charge in [0, 0.05) is 12.1 Å². The second-order valence-electron chi connectivity index (χ2n) is 6.96. The molecule has 1 fully saturated rings. The Balaban J connectivity index is 1.70.